The van der Waals surface area contributed by atoms with E-state index in [-0.39, 0.29) is 30.6 Å². The summed E-state index contributed by atoms with van der Waals surface area (Å²) in [6.07, 6.45) is 2.85. The Hall–Kier alpha value is -4.09. The van der Waals surface area contributed by atoms with E-state index in [2.05, 4.69) is 10.4 Å². The van der Waals surface area contributed by atoms with Crippen LogP contribution in [0.1, 0.15) is 52.0 Å². The first-order valence-electron chi connectivity index (χ1n) is 11.0. The number of imide groups is 1. The Kier molecular flexibility index (Phi) is 7.13. The molecule has 188 valence electrons. The second kappa shape index (κ2) is 10.3. The first kappa shape index (κ1) is 25.0. The van der Waals surface area contributed by atoms with Gasteiger partial charge in [-0.15, -0.1) is 0 Å². The van der Waals surface area contributed by atoms with Gasteiger partial charge in [0.1, 0.15) is 0 Å². The molecule has 0 unspecified atom stereocenters. The van der Waals surface area contributed by atoms with Crippen molar-refractivity contribution >= 4 is 23.5 Å². The van der Waals surface area contributed by atoms with Crippen molar-refractivity contribution in [1.29, 1.82) is 0 Å². The van der Waals surface area contributed by atoms with Crippen LogP contribution in [-0.2, 0) is 11.3 Å². The highest BCUT2D eigenvalue weighted by Crippen LogP contribution is 2.24. The van der Waals surface area contributed by atoms with E-state index in [9.17, 15) is 36.3 Å². The summed E-state index contributed by atoms with van der Waals surface area (Å²) < 4.78 is 68.5. The summed E-state index contributed by atoms with van der Waals surface area (Å²) in [7, 11) is 0. The van der Waals surface area contributed by atoms with E-state index in [0.717, 1.165) is 4.68 Å². The van der Waals surface area contributed by atoms with Gasteiger partial charge in [0.25, 0.3) is 11.8 Å². The van der Waals surface area contributed by atoms with Gasteiger partial charge in [0, 0.05) is 25.2 Å². The lowest BCUT2D eigenvalue weighted by molar-refractivity contribution is -0.116. The van der Waals surface area contributed by atoms with Gasteiger partial charge in [0.15, 0.2) is 29.1 Å². The van der Waals surface area contributed by atoms with E-state index in [1.807, 2.05) is 0 Å². The van der Waals surface area contributed by atoms with Crippen LogP contribution in [0.15, 0.2) is 36.5 Å². The summed E-state index contributed by atoms with van der Waals surface area (Å²) in [4.78, 5) is 38.0. The number of halogens is 5. The zero-order valence-electron chi connectivity index (χ0n) is 18.7. The Balaban J connectivity index is 1.23. The van der Waals surface area contributed by atoms with Crippen LogP contribution < -0.4 is 5.32 Å². The number of fused-ring (bicyclic) bond motifs is 1. The Bertz CT molecular complexity index is 1290. The molecule has 3 aromatic rings. The van der Waals surface area contributed by atoms with E-state index >= 15 is 0 Å². The van der Waals surface area contributed by atoms with Crippen LogP contribution in [0.25, 0.3) is 0 Å². The van der Waals surface area contributed by atoms with Crippen LogP contribution in [0.3, 0.4) is 0 Å². The second-order valence-electron chi connectivity index (χ2n) is 8.11. The Morgan fingerprint density at radius 1 is 0.806 bits per heavy atom. The lowest BCUT2D eigenvalue weighted by atomic mass is 10.1. The number of carbonyl (C=O) groups excluding carboxylic acids is 3. The summed E-state index contributed by atoms with van der Waals surface area (Å²) in [5.41, 5.74) is -0.298. The van der Waals surface area contributed by atoms with Crippen molar-refractivity contribution in [2.24, 2.45) is 0 Å². The molecular weight excluding hydrogens is 487 g/mol. The monoisotopic (exact) mass is 506 g/mol. The fourth-order valence-electron chi connectivity index (χ4n) is 3.85. The largest absolute Gasteiger partial charge is 0.309 e. The number of benzene rings is 2. The molecule has 12 heteroatoms. The molecule has 1 aliphatic heterocycles. The lowest BCUT2D eigenvalue weighted by Gasteiger charge is -2.13. The minimum Gasteiger partial charge on any atom is -0.309 e. The molecule has 0 radical (unpaired) electrons. The summed E-state index contributed by atoms with van der Waals surface area (Å²) in [6, 6.07) is 7.89. The maximum Gasteiger partial charge on any atom is 0.261 e. The quantitative estimate of drug-likeness (QED) is 0.153. The van der Waals surface area contributed by atoms with Crippen LogP contribution in [0.5, 0.6) is 0 Å². The molecule has 0 spiro atoms. The van der Waals surface area contributed by atoms with Crippen molar-refractivity contribution in [3.8, 4) is 0 Å². The van der Waals surface area contributed by atoms with Gasteiger partial charge in [-0.1, -0.05) is 18.6 Å². The minimum atomic E-state index is -2.24. The number of nitrogens with zero attached hydrogens (tertiary/aromatic N) is 3. The highest BCUT2D eigenvalue weighted by atomic mass is 19.2. The molecule has 7 nitrogen and oxygen atoms in total. The van der Waals surface area contributed by atoms with E-state index < -0.39 is 47.1 Å². The van der Waals surface area contributed by atoms with E-state index in [1.54, 1.807) is 24.3 Å². The van der Waals surface area contributed by atoms with Crippen LogP contribution in [0.4, 0.5) is 27.8 Å². The molecule has 0 atom stereocenters. The average molecular weight is 506 g/mol. The Morgan fingerprint density at radius 2 is 1.39 bits per heavy atom. The first-order valence-corrected chi connectivity index (χ1v) is 11.0. The number of aromatic nitrogens is 2. The number of hydrogen-bond donors (Lipinski definition) is 1. The van der Waals surface area contributed by atoms with E-state index in [4.69, 9.17) is 0 Å². The average Bonchev–Trinajstić information content (AvgIpc) is 3.41. The number of anilines is 1. The smallest absolute Gasteiger partial charge is 0.261 e. The van der Waals surface area contributed by atoms with Crippen molar-refractivity contribution in [3.63, 3.8) is 0 Å². The van der Waals surface area contributed by atoms with Gasteiger partial charge >= 0.3 is 0 Å². The van der Waals surface area contributed by atoms with E-state index in [1.165, 1.54) is 17.2 Å². The fourth-order valence-corrected chi connectivity index (χ4v) is 3.85. The SMILES string of the molecule is O=C(CCCCCN1C(=O)c2ccccc2C1=O)Nc1ccn(Cc2c(F)c(F)c(F)c(F)c2F)n1. The van der Waals surface area contributed by atoms with Crippen LogP contribution in [-0.4, -0.2) is 38.9 Å². The number of rotatable bonds is 9. The van der Waals surface area contributed by atoms with Crippen molar-refractivity contribution in [1.82, 2.24) is 14.7 Å². The van der Waals surface area contributed by atoms with Gasteiger partial charge in [0.2, 0.25) is 11.7 Å². The second-order valence-corrected chi connectivity index (χ2v) is 8.11. The van der Waals surface area contributed by atoms with Gasteiger partial charge < -0.3 is 5.32 Å². The molecule has 0 fully saturated rings. The molecule has 0 saturated heterocycles. The standard InChI is InChI=1S/C24H19F5N4O3/c25-18-15(19(26)21(28)22(29)20(18)27)12-32-11-9-16(31-32)30-17(34)8-2-1-5-10-33-23(35)13-6-3-4-7-14(13)24(33)36/h3-4,6-7,9,11H,1-2,5,8,10,12H2,(H,30,31,34). The van der Waals surface area contributed by atoms with Crippen molar-refractivity contribution in [2.75, 3.05) is 11.9 Å². The topological polar surface area (TPSA) is 84.3 Å². The van der Waals surface area contributed by atoms with Crippen molar-refractivity contribution < 1.29 is 36.3 Å². The minimum absolute atomic E-state index is 0.0369. The Morgan fingerprint density at radius 3 is 2.00 bits per heavy atom. The predicted octanol–water partition coefficient (Wildman–Crippen LogP) is 4.42. The molecule has 1 aliphatic rings. The normalized spacial score (nSPS) is 12.9. The third-order valence-electron chi connectivity index (χ3n) is 5.69. The van der Waals surface area contributed by atoms with Crippen molar-refractivity contribution in [3.05, 3.63) is 82.3 Å². The highest BCUT2D eigenvalue weighted by Gasteiger charge is 2.34. The highest BCUT2D eigenvalue weighted by molar-refractivity contribution is 6.21. The molecule has 0 aliphatic carbocycles. The van der Waals surface area contributed by atoms with Crippen LogP contribution >= 0.6 is 0 Å². The first-order chi connectivity index (χ1) is 17.2. The predicted molar refractivity (Wildman–Crippen MR) is 116 cm³/mol. The maximum atomic E-state index is 13.8. The summed E-state index contributed by atoms with van der Waals surface area (Å²) in [6.45, 7) is -0.504. The molecule has 2 heterocycles. The molecular formula is C24H19F5N4O3. The van der Waals surface area contributed by atoms with Gasteiger partial charge in [-0.3, -0.25) is 24.0 Å². The zero-order chi connectivity index (χ0) is 26.0. The number of unbranched alkanes of at least 4 members (excludes halogenated alkanes) is 2. The number of nitrogens with one attached hydrogen (secondary N) is 1. The van der Waals surface area contributed by atoms with Crippen molar-refractivity contribution in [2.45, 2.75) is 32.2 Å². The fraction of sp³-hybridized carbons (Fsp3) is 0.250. The summed E-state index contributed by atoms with van der Waals surface area (Å²) in [5, 5.41) is 6.36. The molecule has 2 aromatic carbocycles. The molecule has 3 amide bonds. The zero-order valence-corrected chi connectivity index (χ0v) is 18.7. The molecule has 0 bridgehead atoms. The Labute approximate surface area is 201 Å². The molecule has 1 N–H and O–H groups in total. The van der Waals surface area contributed by atoms with Crippen LogP contribution in [0.2, 0.25) is 0 Å². The lowest BCUT2D eigenvalue weighted by Crippen LogP contribution is -2.30. The summed E-state index contributed by atoms with van der Waals surface area (Å²) in [5.74, 6) is -11.3. The number of amides is 3. The third-order valence-corrected chi connectivity index (χ3v) is 5.69. The van der Waals surface area contributed by atoms with Crippen LogP contribution in [0, 0.1) is 29.1 Å². The molecule has 1 aromatic heterocycles. The third kappa shape index (κ3) is 4.83. The summed E-state index contributed by atoms with van der Waals surface area (Å²) >= 11 is 0. The van der Waals surface area contributed by atoms with Gasteiger partial charge in [-0.2, -0.15) is 5.10 Å². The van der Waals surface area contributed by atoms with Gasteiger partial charge in [-0.25, -0.2) is 22.0 Å². The van der Waals surface area contributed by atoms with E-state index in [0.29, 0.717) is 30.4 Å². The number of hydrogen-bond acceptors (Lipinski definition) is 4. The molecule has 36 heavy (non-hydrogen) atoms. The van der Waals surface area contributed by atoms with Gasteiger partial charge in [0.05, 0.1) is 23.2 Å². The van der Waals surface area contributed by atoms with Gasteiger partial charge in [-0.05, 0) is 25.0 Å². The number of carbonyl (C=O) groups is 3. The molecule has 4 rings (SSSR count). The molecule has 0 saturated carbocycles. The maximum absolute atomic E-state index is 13.8.